The number of carbonyl (C=O) groups excluding carboxylic acids is 1. The van der Waals surface area contributed by atoms with Gasteiger partial charge in [-0.2, -0.15) is 0 Å². The predicted molar refractivity (Wildman–Crippen MR) is 80.0 cm³/mol. The summed E-state index contributed by atoms with van der Waals surface area (Å²) < 4.78 is 0. The molecule has 5 nitrogen and oxygen atoms in total. The lowest BCUT2D eigenvalue weighted by Gasteiger charge is -2.35. The number of hydrogen-bond donors (Lipinski definition) is 1. The highest BCUT2D eigenvalue weighted by molar-refractivity contribution is 5.80. The van der Waals surface area contributed by atoms with Crippen molar-refractivity contribution >= 4 is 12.0 Å². The molecule has 1 aromatic carbocycles. The molecule has 0 fully saturated rings. The van der Waals surface area contributed by atoms with Crippen molar-refractivity contribution < 1.29 is 14.7 Å². The zero-order valence-electron chi connectivity index (χ0n) is 12.6. The molecule has 1 aliphatic heterocycles. The summed E-state index contributed by atoms with van der Waals surface area (Å²) in [5, 5.41) is 9.02. The summed E-state index contributed by atoms with van der Waals surface area (Å²) in [5.41, 5.74) is 2.42. The number of aliphatic carboxylic acids is 1. The zero-order chi connectivity index (χ0) is 15.4. The first-order chi connectivity index (χ1) is 10.0. The van der Waals surface area contributed by atoms with Gasteiger partial charge in [0.1, 0.15) is 6.54 Å². The molecule has 1 N–H and O–H groups in total. The molecule has 1 atom stereocenters. The summed E-state index contributed by atoms with van der Waals surface area (Å²) in [6, 6.07) is 7.83. The van der Waals surface area contributed by atoms with Crippen LogP contribution in [0.3, 0.4) is 0 Å². The quantitative estimate of drug-likeness (QED) is 0.926. The third-order valence-corrected chi connectivity index (χ3v) is 4.08. The number of rotatable bonds is 4. The van der Waals surface area contributed by atoms with Crippen LogP contribution >= 0.6 is 0 Å². The van der Waals surface area contributed by atoms with Crippen LogP contribution in [-0.2, 0) is 17.8 Å². The van der Waals surface area contributed by atoms with Crippen LogP contribution in [-0.4, -0.2) is 46.0 Å². The van der Waals surface area contributed by atoms with E-state index >= 15 is 0 Å². The second kappa shape index (κ2) is 6.61. The van der Waals surface area contributed by atoms with Crippen molar-refractivity contribution in [2.24, 2.45) is 0 Å². The summed E-state index contributed by atoms with van der Waals surface area (Å²) in [6.45, 7) is 4.80. The number of carboxylic acids is 1. The van der Waals surface area contributed by atoms with Crippen LogP contribution in [0.15, 0.2) is 24.3 Å². The van der Waals surface area contributed by atoms with Crippen molar-refractivity contribution in [2.75, 3.05) is 13.1 Å². The molecule has 0 bridgehead atoms. The van der Waals surface area contributed by atoms with Gasteiger partial charge in [0.2, 0.25) is 0 Å². The first kappa shape index (κ1) is 15.4. The summed E-state index contributed by atoms with van der Waals surface area (Å²) in [7, 11) is 0. The van der Waals surface area contributed by atoms with Crippen LogP contribution in [0.5, 0.6) is 0 Å². The van der Waals surface area contributed by atoms with Crippen molar-refractivity contribution in [3.63, 3.8) is 0 Å². The average molecular weight is 290 g/mol. The maximum Gasteiger partial charge on any atom is 0.323 e. The first-order valence-corrected chi connectivity index (χ1v) is 7.37. The van der Waals surface area contributed by atoms with Crippen LogP contribution in [0.1, 0.15) is 31.4 Å². The Labute approximate surface area is 125 Å². The molecule has 1 aliphatic rings. The highest BCUT2D eigenvalue weighted by atomic mass is 16.4. The summed E-state index contributed by atoms with van der Waals surface area (Å²) in [5.74, 6) is -0.971. The SMILES string of the molecule is CCC(C)N(CC(=O)O)C(=O)N1CCc2ccccc2C1. The van der Waals surface area contributed by atoms with E-state index in [0.717, 1.165) is 18.4 Å². The van der Waals surface area contributed by atoms with Gasteiger partial charge < -0.3 is 14.9 Å². The van der Waals surface area contributed by atoms with Crippen LogP contribution in [0.25, 0.3) is 0 Å². The first-order valence-electron chi connectivity index (χ1n) is 7.37. The smallest absolute Gasteiger partial charge is 0.323 e. The third kappa shape index (κ3) is 3.54. The molecule has 1 aromatic rings. The molecule has 0 saturated heterocycles. The molecule has 0 saturated carbocycles. The summed E-state index contributed by atoms with van der Waals surface area (Å²) in [4.78, 5) is 26.8. The largest absolute Gasteiger partial charge is 0.480 e. The highest BCUT2D eigenvalue weighted by Gasteiger charge is 2.28. The van der Waals surface area contributed by atoms with E-state index in [1.54, 1.807) is 4.90 Å². The number of carbonyl (C=O) groups is 2. The minimum atomic E-state index is -0.971. The molecular formula is C16H22N2O3. The van der Waals surface area contributed by atoms with Crippen molar-refractivity contribution in [3.05, 3.63) is 35.4 Å². The standard InChI is InChI=1S/C16H22N2O3/c1-3-12(2)18(11-15(19)20)16(21)17-9-8-13-6-4-5-7-14(13)10-17/h4-7,12H,3,8-11H2,1-2H3,(H,19,20). The van der Waals surface area contributed by atoms with Gasteiger partial charge >= 0.3 is 12.0 Å². The summed E-state index contributed by atoms with van der Waals surface area (Å²) >= 11 is 0. The molecule has 21 heavy (non-hydrogen) atoms. The van der Waals surface area contributed by atoms with Gasteiger partial charge in [-0.15, -0.1) is 0 Å². The molecule has 1 unspecified atom stereocenters. The van der Waals surface area contributed by atoms with Crippen LogP contribution in [0.2, 0.25) is 0 Å². The Morgan fingerprint density at radius 3 is 2.62 bits per heavy atom. The lowest BCUT2D eigenvalue weighted by Crippen LogP contribution is -2.50. The van der Waals surface area contributed by atoms with Crippen molar-refractivity contribution in [1.29, 1.82) is 0 Å². The number of benzene rings is 1. The fourth-order valence-corrected chi connectivity index (χ4v) is 2.62. The van der Waals surface area contributed by atoms with Gasteiger partial charge in [0, 0.05) is 19.1 Å². The minimum Gasteiger partial charge on any atom is -0.480 e. The normalized spacial score (nSPS) is 15.2. The van der Waals surface area contributed by atoms with Crippen LogP contribution < -0.4 is 0 Å². The molecule has 0 spiro atoms. The van der Waals surface area contributed by atoms with Gasteiger partial charge in [-0.25, -0.2) is 4.79 Å². The number of urea groups is 1. The van der Waals surface area contributed by atoms with E-state index in [-0.39, 0.29) is 18.6 Å². The topological polar surface area (TPSA) is 60.9 Å². The molecule has 2 rings (SSSR count). The maximum atomic E-state index is 12.6. The minimum absolute atomic E-state index is 0.0780. The van der Waals surface area contributed by atoms with E-state index in [4.69, 9.17) is 5.11 Å². The maximum absolute atomic E-state index is 12.6. The second-order valence-electron chi connectivity index (χ2n) is 5.50. The Morgan fingerprint density at radius 1 is 1.33 bits per heavy atom. The van der Waals surface area contributed by atoms with Crippen molar-refractivity contribution in [2.45, 2.75) is 39.3 Å². The Balaban J connectivity index is 2.13. The van der Waals surface area contributed by atoms with Gasteiger partial charge in [-0.1, -0.05) is 31.2 Å². The average Bonchev–Trinajstić information content (AvgIpc) is 2.50. The van der Waals surface area contributed by atoms with Crippen LogP contribution in [0, 0.1) is 0 Å². The number of nitrogens with zero attached hydrogens (tertiary/aromatic N) is 2. The van der Waals surface area contributed by atoms with Crippen molar-refractivity contribution in [1.82, 2.24) is 9.80 Å². The van der Waals surface area contributed by atoms with Gasteiger partial charge in [0.15, 0.2) is 0 Å². The van der Waals surface area contributed by atoms with Crippen molar-refractivity contribution in [3.8, 4) is 0 Å². The zero-order valence-corrected chi connectivity index (χ0v) is 12.6. The van der Waals surface area contributed by atoms with E-state index in [2.05, 4.69) is 6.07 Å². The lowest BCUT2D eigenvalue weighted by molar-refractivity contribution is -0.138. The third-order valence-electron chi connectivity index (χ3n) is 4.08. The number of carboxylic acid groups (broad SMARTS) is 1. The van der Waals surface area contributed by atoms with E-state index in [1.807, 2.05) is 32.0 Å². The monoisotopic (exact) mass is 290 g/mol. The van der Waals surface area contributed by atoms with Crippen LogP contribution in [0.4, 0.5) is 4.79 Å². The highest BCUT2D eigenvalue weighted by Crippen LogP contribution is 2.20. The number of fused-ring (bicyclic) bond motifs is 1. The van der Waals surface area contributed by atoms with Gasteiger partial charge in [0.05, 0.1) is 0 Å². The molecule has 5 heteroatoms. The number of hydrogen-bond acceptors (Lipinski definition) is 2. The molecule has 0 radical (unpaired) electrons. The lowest BCUT2D eigenvalue weighted by atomic mass is 10.0. The van der Waals surface area contributed by atoms with Gasteiger partial charge in [0.25, 0.3) is 0 Å². The fourth-order valence-electron chi connectivity index (χ4n) is 2.62. The molecule has 2 amide bonds. The van der Waals surface area contributed by atoms with E-state index in [9.17, 15) is 9.59 Å². The molecule has 0 aromatic heterocycles. The molecule has 1 heterocycles. The molecular weight excluding hydrogens is 268 g/mol. The fraction of sp³-hybridized carbons (Fsp3) is 0.500. The predicted octanol–water partition coefficient (Wildman–Crippen LogP) is 2.35. The van der Waals surface area contributed by atoms with E-state index in [0.29, 0.717) is 13.1 Å². The molecule has 0 aliphatic carbocycles. The Hall–Kier alpha value is -2.04. The second-order valence-corrected chi connectivity index (χ2v) is 5.50. The van der Waals surface area contributed by atoms with Gasteiger partial charge in [-0.3, -0.25) is 4.79 Å². The Kier molecular flexibility index (Phi) is 4.83. The molecule has 114 valence electrons. The van der Waals surface area contributed by atoms with Gasteiger partial charge in [-0.05, 0) is 30.9 Å². The Morgan fingerprint density at radius 2 is 2.00 bits per heavy atom. The van der Waals surface area contributed by atoms with E-state index in [1.165, 1.54) is 10.5 Å². The Bertz CT molecular complexity index is 530. The van der Waals surface area contributed by atoms with E-state index < -0.39 is 5.97 Å². The number of amides is 2. The summed E-state index contributed by atoms with van der Waals surface area (Å²) in [6.07, 6.45) is 1.56.